The Kier molecular flexibility index (Phi) is 3.51. The highest BCUT2D eigenvalue weighted by atomic mass is 16.2. The first kappa shape index (κ1) is 11.1. The van der Waals surface area contributed by atoms with Crippen LogP contribution in [0.4, 0.5) is 0 Å². The van der Waals surface area contributed by atoms with Crippen LogP contribution in [0.3, 0.4) is 0 Å². The molecule has 1 fully saturated rings. The van der Waals surface area contributed by atoms with Crippen molar-refractivity contribution in [3.05, 3.63) is 12.4 Å². The molecule has 0 radical (unpaired) electrons. The van der Waals surface area contributed by atoms with E-state index in [1.54, 1.807) is 17.1 Å². The van der Waals surface area contributed by atoms with Crippen molar-refractivity contribution in [2.45, 2.75) is 25.4 Å². The van der Waals surface area contributed by atoms with Crippen LogP contribution in [0.1, 0.15) is 12.8 Å². The third-order valence-electron chi connectivity index (χ3n) is 2.95. The van der Waals surface area contributed by atoms with E-state index in [2.05, 4.69) is 15.6 Å². The number of likely N-dealkylation sites (N-methyl/N-ethyl adjacent to an activating group) is 1. The number of hydrogen-bond donors (Lipinski definition) is 1. The summed E-state index contributed by atoms with van der Waals surface area (Å²) < 4.78 is 1.56. The largest absolute Gasteiger partial charge is 0.340 e. The Hall–Kier alpha value is -1.43. The second-order valence-electron chi connectivity index (χ2n) is 4.07. The van der Waals surface area contributed by atoms with Gasteiger partial charge in [0.1, 0.15) is 6.54 Å². The molecule has 1 amide bonds. The van der Waals surface area contributed by atoms with Crippen LogP contribution in [0.5, 0.6) is 0 Å². The molecule has 0 aromatic carbocycles. The van der Waals surface area contributed by atoms with E-state index in [0.29, 0.717) is 6.04 Å². The minimum absolute atomic E-state index is 0.116. The molecule has 0 bridgehead atoms. The monoisotopic (exact) mass is 223 g/mol. The number of carbonyl (C=O) groups is 1. The van der Waals surface area contributed by atoms with Gasteiger partial charge in [-0.05, 0) is 19.9 Å². The van der Waals surface area contributed by atoms with Crippen molar-refractivity contribution < 1.29 is 4.79 Å². The molecular formula is C10H17N5O. The highest BCUT2D eigenvalue weighted by molar-refractivity contribution is 5.76. The van der Waals surface area contributed by atoms with E-state index in [1.165, 1.54) is 0 Å². The highest BCUT2D eigenvalue weighted by Gasteiger charge is 2.22. The number of nitrogens with zero attached hydrogens (tertiary/aromatic N) is 4. The number of nitrogens with one attached hydrogen (secondary N) is 1. The summed E-state index contributed by atoms with van der Waals surface area (Å²) in [6.45, 7) is 1.94. The second kappa shape index (κ2) is 5.07. The summed E-state index contributed by atoms with van der Waals surface area (Å²) in [6.07, 6.45) is 5.50. The van der Waals surface area contributed by atoms with Crippen LogP contribution >= 0.6 is 0 Å². The summed E-state index contributed by atoms with van der Waals surface area (Å²) in [5, 5.41) is 10.7. The summed E-state index contributed by atoms with van der Waals surface area (Å²) in [4.78, 5) is 13.8. The van der Waals surface area contributed by atoms with Crippen LogP contribution in [0.15, 0.2) is 12.4 Å². The number of hydrogen-bond acceptors (Lipinski definition) is 4. The minimum atomic E-state index is 0.116. The number of rotatable bonds is 3. The number of amides is 1. The average molecular weight is 223 g/mol. The smallest absolute Gasteiger partial charge is 0.244 e. The molecule has 2 rings (SSSR count). The van der Waals surface area contributed by atoms with Gasteiger partial charge in [0, 0.05) is 25.3 Å². The van der Waals surface area contributed by atoms with Crippen LogP contribution in [-0.2, 0) is 11.3 Å². The predicted octanol–water partition coefficient (Wildman–Crippen LogP) is -0.512. The fraction of sp³-hybridized carbons (Fsp3) is 0.700. The molecule has 0 aliphatic carbocycles. The van der Waals surface area contributed by atoms with E-state index in [4.69, 9.17) is 0 Å². The zero-order valence-corrected chi connectivity index (χ0v) is 9.46. The van der Waals surface area contributed by atoms with Gasteiger partial charge in [-0.3, -0.25) is 4.79 Å². The SMILES string of the molecule is CNC1CCCN(C(=O)Cn2ccnn2)C1. The van der Waals surface area contributed by atoms with Crippen molar-refractivity contribution in [2.24, 2.45) is 0 Å². The molecule has 16 heavy (non-hydrogen) atoms. The molecule has 2 heterocycles. The topological polar surface area (TPSA) is 63.1 Å². The Bertz CT molecular complexity index is 337. The lowest BCUT2D eigenvalue weighted by Crippen LogP contribution is -2.47. The molecule has 1 aromatic heterocycles. The number of aromatic nitrogens is 3. The summed E-state index contributed by atoms with van der Waals surface area (Å²) in [6, 6.07) is 0.424. The summed E-state index contributed by atoms with van der Waals surface area (Å²) in [7, 11) is 1.94. The molecule has 1 N–H and O–H groups in total. The molecule has 6 heteroatoms. The average Bonchev–Trinajstić information content (AvgIpc) is 2.82. The van der Waals surface area contributed by atoms with Gasteiger partial charge in [0.2, 0.25) is 5.91 Å². The first-order chi connectivity index (χ1) is 7.79. The predicted molar refractivity (Wildman–Crippen MR) is 58.7 cm³/mol. The Morgan fingerprint density at radius 2 is 2.50 bits per heavy atom. The molecule has 1 aliphatic rings. The zero-order chi connectivity index (χ0) is 11.4. The van der Waals surface area contributed by atoms with Crippen molar-refractivity contribution in [2.75, 3.05) is 20.1 Å². The van der Waals surface area contributed by atoms with Gasteiger partial charge in [-0.2, -0.15) is 0 Å². The Morgan fingerprint density at radius 1 is 1.62 bits per heavy atom. The molecule has 1 aromatic rings. The highest BCUT2D eigenvalue weighted by Crippen LogP contribution is 2.10. The van der Waals surface area contributed by atoms with Crippen LogP contribution in [0.25, 0.3) is 0 Å². The van der Waals surface area contributed by atoms with Crippen LogP contribution < -0.4 is 5.32 Å². The van der Waals surface area contributed by atoms with Crippen molar-refractivity contribution in [1.82, 2.24) is 25.2 Å². The van der Waals surface area contributed by atoms with E-state index in [1.807, 2.05) is 11.9 Å². The van der Waals surface area contributed by atoms with Gasteiger partial charge in [-0.15, -0.1) is 5.10 Å². The second-order valence-corrected chi connectivity index (χ2v) is 4.07. The lowest BCUT2D eigenvalue weighted by molar-refractivity contribution is -0.133. The zero-order valence-electron chi connectivity index (χ0n) is 9.46. The van der Waals surface area contributed by atoms with Gasteiger partial charge in [0.25, 0.3) is 0 Å². The minimum Gasteiger partial charge on any atom is -0.340 e. The van der Waals surface area contributed by atoms with E-state index < -0.39 is 0 Å². The molecular weight excluding hydrogens is 206 g/mol. The van der Waals surface area contributed by atoms with Crippen molar-refractivity contribution in [1.29, 1.82) is 0 Å². The first-order valence-corrected chi connectivity index (χ1v) is 5.58. The van der Waals surface area contributed by atoms with Crippen LogP contribution in [-0.4, -0.2) is 52.0 Å². The Labute approximate surface area is 94.6 Å². The molecule has 1 atom stereocenters. The van der Waals surface area contributed by atoms with Gasteiger partial charge >= 0.3 is 0 Å². The van der Waals surface area contributed by atoms with E-state index in [-0.39, 0.29) is 12.5 Å². The molecule has 1 saturated heterocycles. The lowest BCUT2D eigenvalue weighted by Gasteiger charge is -2.32. The van der Waals surface area contributed by atoms with Crippen molar-refractivity contribution in [3.63, 3.8) is 0 Å². The van der Waals surface area contributed by atoms with Gasteiger partial charge in [0.05, 0.1) is 6.20 Å². The van der Waals surface area contributed by atoms with Gasteiger partial charge in [-0.25, -0.2) is 4.68 Å². The fourth-order valence-corrected chi connectivity index (χ4v) is 1.99. The van der Waals surface area contributed by atoms with Gasteiger partial charge < -0.3 is 10.2 Å². The lowest BCUT2D eigenvalue weighted by atomic mass is 10.1. The maximum atomic E-state index is 11.9. The Morgan fingerprint density at radius 3 is 3.19 bits per heavy atom. The van der Waals surface area contributed by atoms with E-state index in [9.17, 15) is 4.79 Å². The van der Waals surface area contributed by atoms with Crippen LogP contribution in [0, 0.1) is 0 Å². The molecule has 0 spiro atoms. The molecule has 1 aliphatic heterocycles. The van der Waals surface area contributed by atoms with Crippen LogP contribution in [0.2, 0.25) is 0 Å². The maximum absolute atomic E-state index is 11.9. The third kappa shape index (κ3) is 2.57. The molecule has 88 valence electrons. The van der Waals surface area contributed by atoms with E-state index >= 15 is 0 Å². The number of likely N-dealkylation sites (tertiary alicyclic amines) is 1. The van der Waals surface area contributed by atoms with Gasteiger partial charge in [0.15, 0.2) is 0 Å². The summed E-state index contributed by atoms with van der Waals surface area (Å²) in [5.41, 5.74) is 0. The summed E-state index contributed by atoms with van der Waals surface area (Å²) in [5.74, 6) is 0.116. The molecule has 6 nitrogen and oxygen atoms in total. The molecule has 1 unspecified atom stereocenters. The number of piperidine rings is 1. The third-order valence-corrected chi connectivity index (χ3v) is 2.95. The molecule has 0 saturated carbocycles. The Balaban J connectivity index is 1.89. The van der Waals surface area contributed by atoms with Crippen molar-refractivity contribution in [3.8, 4) is 0 Å². The fourth-order valence-electron chi connectivity index (χ4n) is 1.99. The summed E-state index contributed by atoms with van der Waals surface area (Å²) >= 11 is 0. The quantitative estimate of drug-likeness (QED) is 0.749. The first-order valence-electron chi connectivity index (χ1n) is 5.58. The maximum Gasteiger partial charge on any atom is 0.244 e. The van der Waals surface area contributed by atoms with E-state index in [0.717, 1.165) is 25.9 Å². The van der Waals surface area contributed by atoms with Crippen molar-refractivity contribution >= 4 is 5.91 Å². The number of carbonyl (C=O) groups excluding carboxylic acids is 1. The standard InChI is InChI=1S/C10H17N5O/c1-11-9-3-2-5-14(7-9)10(16)8-15-6-4-12-13-15/h4,6,9,11H,2-3,5,7-8H2,1H3. The van der Waals surface area contributed by atoms with Gasteiger partial charge in [-0.1, -0.05) is 5.21 Å². The normalized spacial score (nSPS) is 21.1.